The van der Waals surface area contributed by atoms with E-state index in [1.807, 2.05) is 19.1 Å². The Hall–Kier alpha value is -1.06. The van der Waals surface area contributed by atoms with Crippen LogP contribution in [0.1, 0.15) is 11.1 Å². The Morgan fingerprint density at radius 2 is 2.29 bits per heavy atom. The van der Waals surface area contributed by atoms with Crippen molar-refractivity contribution in [3.8, 4) is 0 Å². The summed E-state index contributed by atoms with van der Waals surface area (Å²) in [5, 5.41) is 9.23. The summed E-state index contributed by atoms with van der Waals surface area (Å²) in [6.07, 6.45) is 0.265. The maximum atomic E-state index is 10.6. The number of halogens is 1. The summed E-state index contributed by atoms with van der Waals surface area (Å²) in [6.45, 7) is 1.88. The first-order valence-electron chi connectivity index (χ1n) is 4.24. The molecule has 0 aliphatic carbocycles. The molecule has 4 heteroatoms. The lowest BCUT2D eigenvalue weighted by Crippen LogP contribution is -2.32. The van der Waals surface area contributed by atoms with E-state index in [0.717, 1.165) is 11.1 Å². The van der Waals surface area contributed by atoms with Gasteiger partial charge in [0, 0.05) is 5.02 Å². The van der Waals surface area contributed by atoms with Crippen LogP contribution in [0.15, 0.2) is 18.2 Å². The van der Waals surface area contributed by atoms with E-state index in [1.165, 1.54) is 0 Å². The van der Waals surface area contributed by atoms with Crippen molar-refractivity contribution in [3.63, 3.8) is 0 Å². The Morgan fingerprint density at radius 3 is 2.79 bits per heavy atom. The Kier molecular flexibility index (Phi) is 3.49. The van der Waals surface area contributed by atoms with Crippen molar-refractivity contribution in [3.05, 3.63) is 34.3 Å². The van der Waals surface area contributed by atoms with Gasteiger partial charge in [0.1, 0.15) is 6.04 Å². The van der Waals surface area contributed by atoms with Gasteiger partial charge in [0.05, 0.1) is 0 Å². The van der Waals surface area contributed by atoms with Crippen LogP contribution in [0.5, 0.6) is 0 Å². The maximum absolute atomic E-state index is 10.6. The van der Waals surface area contributed by atoms with Crippen molar-refractivity contribution in [2.75, 3.05) is 0 Å². The van der Waals surface area contributed by atoms with Gasteiger partial charge in [-0.15, -0.1) is 0 Å². The van der Waals surface area contributed by atoms with Crippen molar-refractivity contribution in [1.82, 2.24) is 0 Å². The summed E-state index contributed by atoms with van der Waals surface area (Å²) in [7, 11) is 0. The second-order valence-electron chi connectivity index (χ2n) is 3.18. The van der Waals surface area contributed by atoms with Crippen LogP contribution >= 0.6 is 11.6 Å². The second kappa shape index (κ2) is 4.44. The minimum absolute atomic E-state index is 0.265. The molecule has 0 amide bonds. The Bertz CT molecular complexity index is 332. The molecular weight excluding hydrogens is 202 g/mol. The molecule has 1 aromatic rings. The van der Waals surface area contributed by atoms with Crippen molar-refractivity contribution < 1.29 is 9.90 Å². The molecule has 1 aromatic carbocycles. The minimum atomic E-state index is -1.01. The first-order chi connectivity index (χ1) is 6.52. The van der Waals surface area contributed by atoms with Gasteiger partial charge in [0.25, 0.3) is 0 Å². The van der Waals surface area contributed by atoms with E-state index >= 15 is 0 Å². The van der Waals surface area contributed by atoms with E-state index in [-0.39, 0.29) is 6.42 Å². The normalized spacial score (nSPS) is 12.5. The van der Waals surface area contributed by atoms with Crippen molar-refractivity contribution >= 4 is 17.6 Å². The average Bonchev–Trinajstić information content (AvgIpc) is 2.11. The summed E-state index contributed by atoms with van der Waals surface area (Å²) >= 11 is 5.93. The van der Waals surface area contributed by atoms with Crippen LogP contribution < -0.4 is 5.73 Å². The molecule has 0 fully saturated rings. The molecule has 1 atom stereocenters. The van der Waals surface area contributed by atoms with Gasteiger partial charge < -0.3 is 10.8 Å². The number of nitrogens with two attached hydrogens (primary N) is 1. The zero-order valence-electron chi connectivity index (χ0n) is 7.83. The fourth-order valence-corrected chi connectivity index (χ4v) is 1.53. The third-order valence-corrected chi connectivity index (χ3v) is 2.45. The lowest BCUT2D eigenvalue weighted by molar-refractivity contribution is -0.138. The van der Waals surface area contributed by atoms with Gasteiger partial charge in [0.2, 0.25) is 0 Å². The SMILES string of the molecule is Cc1cccc(Cl)c1C[C@H](N)C(=O)O. The highest BCUT2D eigenvalue weighted by Crippen LogP contribution is 2.20. The Labute approximate surface area is 87.5 Å². The van der Waals surface area contributed by atoms with Crippen LogP contribution in [0.2, 0.25) is 5.02 Å². The zero-order chi connectivity index (χ0) is 10.7. The van der Waals surface area contributed by atoms with E-state index < -0.39 is 12.0 Å². The summed E-state index contributed by atoms with van der Waals surface area (Å²) in [4.78, 5) is 10.6. The molecule has 0 spiro atoms. The largest absolute Gasteiger partial charge is 0.480 e. The maximum Gasteiger partial charge on any atom is 0.320 e. The summed E-state index contributed by atoms with van der Waals surface area (Å²) < 4.78 is 0. The van der Waals surface area contributed by atoms with Crippen LogP contribution in [-0.2, 0) is 11.2 Å². The minimum Gasteiger partial charge on any atom is -0.480 e. The van der Waals surface area contributed by atoms with Gasteiger partial charge in [0.15, 0.2) is 0 Å². The molecule has 76 valence electrons. The highest BCUT2D eigenvalue weighted by Gasteiger charge is 2.15. The number of carbonyl (C=O) groups is 1. The first kappa shape index (κ1) is 11.0. The molecule has 3 N–H and O–H groups in total. The lowest BCUT2D eigenvalue weighted by atomic mass is 10.0. The predicted molar refractivity (Wildman–Crippen MR) is 55.5 cm³/mol. The van der Waals surface area contributed by atoms with E-state index in [2.05, 4.69) is 0 Å². The zero-order valence-corrected chi connectivity index (χ0v) is 8.58. The highest BCUT2D eigenvalue weighted by molar-refractivity contribution is 6.31. The van der Waals surface area contributed by atoms with Gasteiger partial charge in [-0.05, 0) is 30.5 Å². The van der Waals surface area contributed by atoms with Gasteiger partial charge >= 0.3 is 5.97 Å². The molecule has 0 aromatic heterocycles. The number of hydrogen-bond acceptors (Lipinski definition) is 2. The van der Waals surface area contributed by atoms with Crippen molar-refractivity contribution in [2.24, 2.45) is 5.73 Å². The molecule has 0 bridgehead atoms. The van der Waals surface area contributed by atoms with Gasteiger partial charge in [-0.1, -0.05) is 23.7 Å². The number of aliphatic carboxylic acids is 1. The monoisotopic (exact) mass is 213 g/mol. The van der Waals surface area contributed by atoms with E-state index in [1.54, 1.807) is 6.07 Å². The van der Waals surface area contributed by atoms with Crippen molar-refractivity contribution in [1.29, 1.82) is 0 Å². The standard InChI is InChI=1S/C10H12ClNO2/c1-6-3-2-4-8(11)7(6)5-9(12)10(13)14/h2-4,9H,5,12H2,1H3,(H,13,14)/t9-/m0/s1. The number of carboxylic acids is 1. The van der Waals surface area contributed by atoms with E-state index in [4.69, 9.17) is 22.4 Å². The van der Waals surface area contributed by atoms with Crippen LogP contribution in [0.3, 0.4) is 0 Å². The van der Waals surface area contributed by atoms with Crippen molar-refractivity contribution in [2.45, 2.75) is 19.4 Å². The molecule has 0 aliphatic rings. The molecular formula is C10H12ClNO2. The number of aryl methyl sites for hydroxylation is 1. The molecule has 0 saturated carbocycles. The number of hydrogen-bond donors (Lipinski definition) is 2. The van der Waals surface area contributed by atoms with Gasteiger partial charge in [-0.3, -0.25) is 4.79 Å². The molecule has 0 aliphatic heterocycles. The Balaban J connectivity index is 2.91. The number of carboxylic acid groups (broad SMARTS) is 1. The fraction of sp³-hybridized carbons (Fsp3) is 0.300. The van der Waals surface area contributed by atoms with Crippen LogP contribution in [-0.4, -0.2) is 17.1 Å². The fourth-order valence-electron chi connectivity index (χ4n) is 1.23. The van der Waals surface area contributed by atoms with Crippen LogP contribution in [0.25, 0.3) is 0 Å². The molecule has 0 heterocycles. The van der Waals surface area contributed by atoms with E-state index in [9.17, 15) is 4.79 Å². The highest BCUT2D eigenvalue weighted by atomic mass is 35.5. The first-order valence-corrected chi connectivity index (χ1v) is 4.62. The molecule has 0 saturated heterocycles. The lowest BCUT2D eigenvalue weighted by Gasteiger charge is -2.10. The quantitative estimate of drug-likeness (QED) is 0.802. The topological polar surface area (TPSA) is 63.3 Å². The summed E-state index contributed by atoms with van der Waals surface area (Å²) in [6, 6.07) is 4.55. The van der Waals surface area contributed by atoms with E-state index in [0.29, 0.717) is 5.02 Å². The molecule has 3 nitrogen and oxygen atoms in total. The summed E-state index contributed by atoms with van der Waals surface area (Å²) in [5.41, 5.74) is 7.20. The number of rotatable bonds is 3. The molecule has 0 unspecified atom stereocenters. The molecule has 14 heavy (non-hydrogen) atoms. The summed E-state index contributed by atoms with van der Waals surface area (Å²) in [5.74, 6) is -1.01. The third kappa shape index (κ3) is 2.47. The second-order valence-corrected chi connectivity index (χ2v) is 3.59. The predicted octanol–water partition coefficient (Wildman–Crippen LogP) is 1.60. The molecule has 1 rings (SSSR count). The number of benzene rings is 1. The smallest absolute Gasteiger partial charge is 0.320 e. The van der Waals surface area contributed by atoms with Gasteiger partial charge in [-0.2, -0.15) is 0 Å². The molecule has 0 radical (unpaired) electrons. The van der Waals surface area contributed by atoms with Crippen LogP contribution in [0.4, 0.5) is 0 Å². The van der Waals surface area contributed by atoms with Crippen LogP contribution in [0, 0.1) is 6.92 Å². The average molecular weight is 214 g/mol. The third-order valence-electron chi connectivity index (χ3n) is 2.09. The van der Waals surface area contributed by atoms with Gasteiger partial charge in [-0.25, -0.2) is 0 Å². The Morgan fingerprint density at radius 1 is 1.64 bits per heavy atom.